The van der Waals surface area contributed by atoms with E-state index in [1.54, 1.807) is 12.1 Å². The molecule has 2 aliphatic rings. The monoisotopic (exact) mass is 335 g/mol. The Morgan fingerprint density at radius 3 is 2.54 bits per heavy atom. The predicted octanol–water partition coefficient (Wildman–Crippen LogP) is 1.10. The second-order valence-electron chi connectivity index (χ2n) is 6.89. The van der Waals surface area contributed by atoms with Crippen molar-refractivity contribution in [3.05, 3.63) is 35.6 Å². The number of benzene rings is 1. The smallest absolute Gasteiger partial charge is 0.223 e. The fraction of sp³-hybridized carbons (Fsp3) is 0.611. The number of likely N-dealkylation sites (N-methyl/N-ethyl adjacent to an activating group) is 1. The average Bonchev–Trinajstić information content (AvgIpc) is 2.95. The molecule has 2 fully saturated rings. The molecule has 3 rings (SSSR count). The lowest BCUT2D eigenvalue weighted by Gasteiger charge is -2.33. The standard InChI is InChI=1S/C18H26FN3O2/c1-20-8-10-21(11-9-20)18(24)6-7-22-13-16(23)12-17(22)14-2-4-15(19)5-3-14/h2-5,16-17,23H,6-13H2,1H3/t16-,17-/m1/s1. The Labute approximate surface area is 142 Å². The molecule has 0 radical (unpaired) electrons. The minimum absolute atomic E-state index is 0.0564. The maximum atomic E-state index is 13.1. The topological polar surface area (TPSA) is 47.0 Å². The molecule has 0 aromatic heterocycles. The largest absolute Gasteiger partial charge is 0.392 e. The number of aliphatic hydroxyl groups excluding tert-OH is 1. The van der Waals surface area contributed by atoms with Gasteiger partial charge in [-0.05, 0) is 31.2 Å². The number of rotatable bonds is 4. The molecule has 2 saturated heterocycles. The van der Waals surface area contributed by atoms with Gasteiger partial charge in [-0.3, -0.25) is 9.69 Å². The molecule has 1 aromatic carbocycles. The molecule has 0 aliphatic carbocycles. The lowest BCUT2D eigenvalue weighted by molar-refractivity contribution is -0.133. The molecule has 132 valence electrons. The van der Waals surface area contributed by atoms with Crippen LogP contribution in [0.25, 0.3) is 0 Å². The van der Waals surface area contributed by atoms with Gasteiger partial charge in [0.1, 0.15) is 5.82 Å². The fourth-order valence-electron chi connectivity index (χ4n) is 3.61. The number of hydrogen-bond donors (Lipinski definition) is 1. The van der Waals surface area contributed by atoms with Crippen LogP contribution in [0.15, 0.2) is 24.3 Å². The third kappa shape index (κ3) is 4.12. The van der Waals surface area contributed by atoms with Crippen LogP contribution >= 0.6 is 0 Å². The molecule has 0 unspecified atom stereocenters. The van der Waals surface area contributed by atoms with Crippen molar-refractivity contribution in [3.63, 3.8) is 0 Å². The zero-order valence-corrected chi connectivity index (χ0v) is 14.2. The van der Waals surface area contributed by atoms with Gasteiger partial charge in [0.05, 0.1) is 6.10 Å². The summed E-state index contributed by atoms with van der Waals surface area (Å²) in [6.45, 7) is 4.62. The fourth-order valence-corrected chi connectivity index (χ4v) is 3.61. The van der Waals surface area contributed by atoms with Gasteiger partial charge in [0.25, 0.3) is 0 Å². The van der Waals surface area contributed by atoms with Crippen LogP contribution in [0, 0.1) is 5.82 Å². The van der Waals surface area contributed by atoms with Gasteiger partial charge in [-0.25, -0.2) is 4.39 Å². The molecule has 1 amide bonds. The first-order chi connectivity index (χ1) is 11.5. The summed E-state index contributed by atoms with van der Waals surface area (Å²) in [5.41, 5.74) is 1.000. The molecular formula is C18H26FN3O2. The summed E-state index contributed by atoms with van der Waals surface area (Å²) in [6, 6.07) is 6.50. The number of likely N-dealkylation sites (tertiary alicyclic amines) is 1. The molecule has 6 heteroatoms. The molecule has 24 heavy (non-hydrogen) atoms. The van der Waals surface area contributed by atoms with Gasteiger partial charge in [0.15, 0.2) is 0 Å². The lowest BCUT2D eigenvalue weighted by atomic mass is 10.0. The van der Waals surface area contributed by atoms with Crippen molar-refractivity contribution in [2.24, 2.45) is 0 Å². The van der Waals surface area contributed by atoms with Crippen molar-refractivity contribution < 1.29 is 14.3 Å². The van der Waals surface area contributed by atoms with Crippen molar-refractivity contribution >= 4 is 5.91 Å². The first-order valence-electron chi connectivity index (χ1n) is 8.67. The van der Waals surface area contributed by atoms with E-state index in [0.717, 1.165) is 31.7 Å². The Bertz CT molecular complexity index is 558. The van der Waals surface area contributed by atoms with Crippen molar-refractivity contribution in [1.29, 1.82) is 0 Å². The van der Waals surface area contributed by atoms with Crippen molar-refractivity contribution in [2.75, 3.05) is 46.3 Å². The molecule has 2 atom stereocenters. The molecule has 1 N–H and O–H groups in total. The van der Waals surface area contributed by atoms with Crippen LogP contribution in [-0.2, 0) is 4.79 Å². The van der Waals surface area contributed by atoms with Gasteiger partial charge >= 0.3 is 0 Å². The van der Waals surface area contributed by atoms with Gasteiger partial charge in [-0.15, -0.1) is 0 Å². The highest BCUT2D eigenvalue weighted by Gasteiger charge is 2.32. The number of aliphatic hydroxyl groups is 1. The van der Waals surface area contributed by atoms with Crippen LogP contribution in [0.1, 0.15) is 24.4 Å². The van der Waals surface area contributed by atoms with Gasteiger partial charge in [-0.2, -0.15) is 0 Å². The SMILES string of the molecule is CN1CCN(C(=O)CCN2C[C@H](O)C[C@@H]2c2ccc(F)cc2)CC1. The number of hydrogen-bond acceptors (Lipinski definition) is 4. The molecule has 1 aromatic rings. The van der Waals surface area contributed by atoms with Gasteiger partial charge in [-0.1, -0.05) is 12.1 Å². The van der Waals surface area contributed by atoms with E-state index in [1.807, 2.05) is 4.90 Å². The van der Waals surface area contributed by atoms with Gasteiger partial charge < -0.3 is 14.9 Å². The number of amides is 1. The molecule has 0 spiro atoms. The number of β-amino-alcohol motifs (C(OH)–C–C–N with tert-alkyl or cyclic N) is 1. The predicted molar refractivity (Wildman–Crippen MR) is 90.0 cm³/mol. The zero-order valence-electron chi connectivity index (χ0n) is 14.2. The molecule has 0 bridgehead atoms. The summed E-state index contributed by atoms with van der Waals surface area (Å²) in [7, 11) is 2.07. The maximum absolute atomic E-state index is 13.1. The highest BCUT2D eigenvalue weighted by molar-refractivity contribution is 5.76. The Kier molecular flexibility index (Phi) is 5.48. The second kappa shape index (κ2) is 7.59. The minimum Gasteiger partial charge on any atom is -0.392 e. The van der Waals surface area contributed by atoms with Crippen LogP contribution in [0.4, 0.5) is 4.39 Å². The first-order valence-corrected chi connectivity index (χ1v) is 8.67. The van der Waals surface area contributed by atoms with Crippen LogP contribution in [0.2, 0.25) is 0 Å². The van der Waals surface area contributed by atoms with E-state index < -0.39 is 6.10 Å². The maximum Gasteiger partial charge on any atom is 0.223 e. The van der Waals surface area contributed by atoms with Gasteiger partial charge in [0, 0.05) is 51.7 Å². The summed E-state index contributed by atoms with van der Waals surface area (Å²) < 4.78 is 13.1. The quantitative estimate of drug-likeness (QED) is 0.895. The van der Waals surface area contributed by atoms with Gasteiger partial charge in [0.2, 0.25) is 5.91 Å². The molecule has 5 nitrogen and oxygen atoms in total. The van der Waals surface area contributed by atoms with E-state index >= 15 is 0 Å². The Morgan fingerprint density at radius 1 is 1.21 bits per heavy atom. The zero-order chi connectivity index (χ0) is 17.1. The molecular weight excluding hydrogens is 309 g/mol. The summed E-state index contributed by atoms with van der Waals surface area (Å²) in [6.07, 6.45) is 0.710. The average molecular weight is 335 g/mol. The summed E-state index contributed by atoms with van der Waals surface area (Å²) in [5, 5.41) is 10.0. The highest BCUT2D eigenvalue weighted by Crippen LogP contribution is 2.32. The molecule has 2 aliphatic heterocycles. The number of carbonyl (C=O) groups is 1. The minimum atomic E-state index is -0.390. The van der Waals surface area contributed by atoms with E-state index in [1.165, 1.54) is 12.1 Å². The van der Waals surface area contributed by atoms with Crippen molar-refractivity contribution in [1.82, 2.24) is 14.7 Å². The van der Waals surface area contributed by atoms with Crippen molar-refractivity contribution in [3.8, 4) is 0 Å². The third-order valence-corrected chi connectivity index (χ3v) is 5.11. The Morgan fingerprint density at radius 2 is 1.88 bits per heavy atom. The van der Waals surface area contributed by atoms with E-state index in [-0.39, 0.29) is 17.8 Å². The number of carbonyl (C=O) groups excluding carboxylic acids is 1. The lowest BCUT2D eigenvalue weighted by Crippen LogP contribution is -2.47. The van der Waals surface area contributed by atoms with Crippen molar-refractivity contribution in [2.45, 2.75) is 25.0 Å². The van der Waals surface area contributed by atoms with Crippen LogP contribution in [-0.4, -0.2) is 78.1 Å². The molecule has 2 heterocycles. The number of halogens is 1. The normalized spacial score (nSPS) is 26.0. The van der Waals surface area contributed by atoms with Crippen LogP contribution in [0.3, 0.4) is 0 Å². The summed E-state index contributed by atoms with van der Waals surface area (Å²) >= 11 is 0. The van der Waals surface area contributed by atoms with Crippen LogP contribution in [0.5, 0.6) is 0 Å². The van der Waals surface area contributed by atoms with E-state index in [4.69, 9.17) is 0 Å². The number of piperazine rings is 1. The van der Waals surface area contributed by atoms with E-state index in [9.17, 15) is 14.3 Å². The third-order valence-electron chi connectivity index (χ3n) is 5.11. The summed E-state index contributed by atoms with van der Waals surface area (Å²) in [5.74, 6) is -0.0727. The Hall–Kier alpha value is -1.50. The second-order valence-corrected chi connectivity index (χ2v) is 6.89. The highest BCUT2D eigenvalue weighted by atomic mass is 19.1. The first kappa shape index (κ1) is 17.3. The number of nitrogens with zero attached hydrogens (tertiary/aromatic N) is 3. The Balaban J connectivity index is 1.56. The van der Waals surface area contributed by atoms with Crippen LogP contribution < -0.4 is 0 Å². The molecule has 0 saturated carbocycles. The summed E-state index contributed by atoms with van der Waals surface area (Å²) in [4.78, 5) is 18.7. The van der Waals surface area contributed by atoms with E-state index in [0.29, 0.717) is 25.9 Å². The van der Waals surface area contributed by atoms with E-state index in [2.05, 4.69) is 16.8 Å².